The SMILES string of the molecule is Cc1nc(-c2ccccn2)nc(NCC(Cc2ccc(F)cc2)C(N)=O)c1C. The van der Waals surface area contributed by atoms with E-state index in [9.17, 15) is 9.18 Å². The minimum absolute atomic E-state index is 0.311. The summed E-state index contributed by atoms with van der Waals surface area (Å²) in [4.78, 5) is 25.3. The van der Waals surface area contributed by atoms with Crippen LogP contribution < -0.4 is 11.1 Å². The van der Waals surface area contributed by atoms with Crippen LogP contribution in [0.4, 0.5) is 10.2 Å². The van der Waals surface area contributed by atoms with E-state index in [1.165, 1.54) is 12.1 Å². The maximum Gasteiger partial charge on any atom is 0.222 e. The minimum Gasteiger partial charge on any atom is -0.369 e. The lowest BCUT2D eigenvalue weighted by Gasteiger charge is -2.17. The van der Waals surface area contributed by atoms with E-state index in [4.69, 9.17) is 5.73 Å². The number of hydrogen-bond acceptors (Lipinski definition) is 5. The molecular weight excluding hydrogens is 357 g/mol. The molecule has 0 saturated heterocycles. The van der Waals surface area contributed by atoms with E-state index in [1.54, 1.807) is 18.3 Å². The Morgan fingerprint density at radius 2 is 1.89 bits per heavy atom. The van der Waals surface area contributed by atoms with Crippen LogP contribution in [0.2, 0.25) is 0 Å². The minimum atomic E-state index is -0.460. The molecule has 3 aromatic rings. The van der Waals surface area contributed by atoms with Crippen LogP contribution in [-0.2, 0) is 11.2 Å². The Hall–Kier alpha value is -3.35. The highest BCUT2D eigenvalue weighted by molar-refractivity contribution is 5.77. The lowest BCUT2D eigenvalue weighted by Crippen LogP contribution is -2.31. The molecule has 0 aliphatic carbocycles. The van der Waals surface area contributed by atoms with Gasteiger partial charge in [0.1, 0.15) is 17.3 Å². The van der Waals surface area contributed by atoms with Gasteiger partial charge in [0, 0.05) is 24.0 Å². The number of aromatic nitrogens is 3. The van der Waals surface area contributed by atoms with Gasteiger partial charge in [0.15, 0.2) is 5.82 Å². The number of benzene rings is 1. The van der Waals surface area contributed by atoms with Gasteiger partial charge in [-0.3, -0.25) is 9.78 Å². The van der Waals surface area contributed by atoms with E-state index < -0.39 is 11.8 Å². The summed E-state index contributed by atoms with van der Waals surface area (Å²) < 4.78 is 13.1. The van der Waals surface area contributed by atoms with Crippen LogP contribution in [0.1, 0.15) is 16.8 Å². The van der Waals surface area contributed by atoms with Crippen molar-refractivity contribution in [3.05, 3.63) is 71.3 Å². The summed E-state index contributed by atoms with van der Waals surface area (Å²) in [6, 6.07) is 11.6. The molecule has 28 heavy (non-hydrogen) atoms. The highest BCUT2D eigenvalue weighted by atomic mass is 19.1. The molecule has 1 aromatic carbocycles. The van der Waals surface area contributed by atoms with Gasteiger partial charge in [0.05, 0.1) is 5.92 Å². The highest BCUT2D eigenvalue weighted by Crippen LogP contribution is 2.21. The van der Waals surface area contributed by atoms with Crippen molar-refractivity contribution in [2.45, 2.75) is 20.3 Å². The first-order chi connectivity index (χ1) is 13.4. The van der Waals surface area contributed by atoms with Gasteiger partial charge < -0.3 is 11.1 Å². The summed E-state index contributed by atoms with van der Waals surface area (Å²) in [5.41, 5.74) is 8.81. The topological polar surface area (TPSA) is 93.8 Å². The Labute approximate surface area is 163 Å². The summed E-state index contributed by atoms with van der Waals surface area (Å²) >= 11 is 0. The van der Waals surface area contributed by atoms with E-state index in [0.717, 1.165) is 16.8 Å². The van der Waals surface area contributed by atoms with Gasteiger partial charge >= 0.3 is 0 Å². The summed E-state index contributed by atoms with van der Waals surface area (Å²) in [7, 11) is 0. The van der Waals surface area contributed by atoms with Crippen molar-refractivity contribution in [2.75, 3.05) is 11.9 Å². The number of amides is 1. The van der Waals surface area contributed by atoms with Crippen molar-refractivity contribution in [1.29, 1.82) is 0 Å². The third-order valence-electron chi connectivity index (χ3n) is 4.60. The number of aryl methyl sites for hydroxylation is 1. The zero-order valence-electron chi connectivity index (χ0n) is 15.8. The zero-order valence-corrected chi connectivity index (χ0v) is 15.8. The van der Waals surface area contributed by atoms with Gasteiger partial charge in [-0.15, -0.1) is 0 Å². The molecule has 0 radical (unpaired) electrons. The highest BCUT2D eigenvalue weighted by Gasteiger charge is 2.18. The van der Waals surface area contributed by atoms with E-state index in [2.05, 4.69) is 20.3 Å². The third-order valence-corrected chi connectivity index (χ3v) is 4.60. The number of carbonyl (C=O) groups is 1. The first-order valence-electron chi connectivity index (χ1n) is 8.98. The molecule has 3 N–H and O–H groups in total. The number of anilines is 1. The monoisotopic (exact) mass is 379 g/mol. The maximum absolute atomic E-state index is 13.1. The molecule has 0 bridgehead atoms. The van der Waals surface area contributed by atoms with Crippen molar-refractivity contribution in [3.63, 3.8) is 0 Å². The summed E-state index contributed by atoms with van der Waals surface area (Å²) in [5.74, 6) is -0.0471. The first kappa shape index (κ1) is 19.4. The molecule has 1 amide bonds. The molecule has 7 heteroatoms. The van der Waals surface area contributed by atoms with E-state index in [-0.39, 0.29) is 5.82 Å². The summed E-state index contributed by atoms with van der Waals surface area (Å²) in [6.45, 7) is 4.13. The number of rotatable bonds is 7. The van der Waals surface area contributed by atoms with Gasteiger partial charge in [-0.25, -0.2) is 14.4 Å². The second-order valence-corrected chi connectivity index (χ2v) is 6.63. The van der Waals surface area contributed by atoms with Crippen LogP contribution in [-0.4, -0.2) is 27.4 Å². The molecule has 3 rings (SSSR count). The summed E-state index contributed by atoms with van der Waals surface area (Å²) in [5, 5.41) is 3.22. The van der Waals surface area contributed by atoms with Crippen molar-refractivity contribution in [2.24, 2.45) is 11.7 Å². The van der Waals surface area contributed by atoms with Crippen LogP contribution in [0.5, 0.6) is 0 Å². The molecule has 6 nitrogen and oxygen atoms in total. The molecule has 1 atom stereocenters. The van der Waals surface area contributed by atoms with Gasteiger partial charge in [0.25, 0.3) is 0 Å². The predicted octanol–water partition coefficient (Wildman–Crippen LogP) is 3.05. The Bertz CT molecular complexity index is 961. The van der Waals surface area contributed by atoms with E-state index >= 15 is 0 Å². The standard InChI is InChI=1S/C21H22FN5O/c1-13-14(2)26-21(18-5-3-4-10-24-18)27-20(13)25-12-16(19(23)28)11-15-6-8-17(22)9-7-15/h3-10,16H,11-12H2,1-2H3,(H2,23,28)(H,25,26,27). The van der Waals surface area contributed by atoms with Crippen molar-refractivity contribution < 1.29 is 9.18 Å². The lowest BCUT2D eigenvalue weighted by atomic mass is 9.98. The number of carbonyl (C=O) groups excluding carboxylic acids is 1. The second kappa shape index (κ2) is 8.56. The van der Waals surface area contributed by atoms with Crippen LogP contribution in [0.15, 0.2) is 48.7 Å². The Morgan fingerprint density at radius 3 is 2.54 bits per heavy atom. The number of pyridine rings is 1. The largest absolute Gasteiger partial charge is 0.369 e. The molecule has 0 aliphatic rings. The Kier molecular flexibility index (Phi) is 5.93. The fraction of sp³-hybridized carbons (Fsp3) is 0.238. The summed E-state index contributed by atoms with van der Waals surface area (Å²) in [6.07, 6.45) is 2.10. The zero-order chi connectivity index (χ0) is 20.1. The van der Waals surface area contributed by atoms with Crippen molar-refractivity contribution in [3.8, 4) is 11.5 Å². The van der Waals surface area contributed by atoms with Crippen LogP contribution in [0.25, 0.3) is 11.5 Å². The molecule has 0 saturated carbocycles. The molecular formula is C21H22FN5O. The normalized spacial score (nSPS) is 11.8. The Morgan fingerprint density at radius 1 is 1.14 bits per heavy atom. The van der Waals surface area contributed by atoms with Crippen molar-refractivity contribution >= 4 is 11.7 Å². The maximum atomic E-state index is 13.1. The quantitative estimate of drug-likeness (QED) is 0.658. The molecule has 144 valence electrons. The number of hydrogen-bond donors (Lipinski definition) is 2. The number of nitrogens with two attached hydrogens (primary N) is 1. The number of primary amides is 1. The number of nitrogens with one attached hydrogen (secondary N) is 1. The molecule has 0 aliphatic heterocycles. The third kappa shape index (κ3) is 4.68. The molecule has 0 fully saturated rings. The number of nitrogens with zero attached hydrogens (tertiary/aromatic N) is 3. The molecule has 0 spiro atoms. The van der Waals surface area contributed by atoms with E-state index in [1.807, 2.05) is 32.0 Å². The molecule has 1 unspecified atom stereocenters. The van der Waals surface area contributed by atoms with Crippen LogP contribution in [0.3, 0.4) is 0 Å². The predicted molar refractivity (Wildman–Crippen MR) is 106 cm³/mol. The van der Waals surface area contributed by atoms with Gasteiger partial charge in [-0.05, 0) is 50.1 Å². The average Bonchev–Trinajstić information content (AvgIpc) is 2.69. The van der Waals surface area contributed by atoms with E-state index in [0.29, 0.717) is 30.3 Å². The smallest absolute Gasteiger partial charge is 0.222 e. The average molecular weight is 379 g/mol. The number of halogens is 1. The second-order valence-electron chi connectivity index (χ2n) is 6.63. The first-order valence-corrected chi connectivity index (χ1v) is 8.98. The van der Waals surface area contributed by atoms with Crippen LogP contribution >= 0.6 is 0 Å². The van der Waals surface area contributed by atoms with Gasteiger partial charge in [0.2, 0.25) is 5.91 Å². The molecule has 2 aromatic heterocycles. The fourth-order valence-electron chi connectivity index (χ4n) is 2.81. The molecule has 2 heterocycles. The van der Waals surface area contributed by atoms with Crippen LogP contribution in [0, 0.1) is 25.6 Å². The van der Waals surface area contributed by atoms with Gasteiger partial charge in [-0.1, -0.05) is 18.2 Å². The lowest BCUT2D eigenvalue weighted by molar-refractivity contribution is -0.121. The Balaban J connectivity index is 1.78. The fourth-order valence-corrected chi connectivity index (χ4v) is 2.81. The van der Waals surface area contributed by atoms with Crippen molar-refractivity contribution in [1.82, 2.24) is 15.0 Å². The van der Waals surface area contributed by atoms with Gasteiger partial charge in [-0.2, -0.15) is 0 Å².